The number of carbonyl (C=O) groups is 3. The lowest BCUT2D eigenvalue weighted by atomic mass is 10.1. The second kappa shape index (κ2) is 11.1. The van der Waals surface area contributed by atoms with E-state index < -0.39 is 23.6 Å². The smallest absolute Gasteiger partial charge is 0.317 e. The zero-order valence-electron chi connectivity index (χ0n) is 15.4. The maximum atomic E-state index is 12.7. The maximum absolute atomic E-state index is 12.7. The first kappa shape index (κ1) is 21.5. The second-order valence-electron chi connectivity index (χ2n) is 6.27. The van der Waals surface area contributed by atoms with Crippen molar-refractivity contribution in [1.29, 1.82) is 0 Å². The molecule has 0 bridgehead atoms. The third-order valence-corrected chi connectivity index (χ3v) is 5.31. The van der Waals surface area contributed by atoms with Crippen LogP contribution in [0, 0.1) is 0 Å². The van der Waals surface area contributed by atoms with Gasteiger partial charge in [0.1, 0.15) is 5.25 Å². The molecule has 0 saturated heterocycles. The van der Waals surface area contributed by atoms with Crippen molar-refractivity contribution in [1.82, 2.24) is 4.90 Å². The molecule has 6 nitrogen and oxygen atoms in total. The van der Waals surface area contributed by atoms with Gasteiger partial charge in [0.05, 0.1) is 12.2 Å². The average Bonchev–Trinajstić information content (AvgIpc) is 2.69. The highest BCUT2D eigenvalue weighted by atomic mass is 32.2. The van der Waals surface area contributed by atoms with Crippen molar-refractivity contribution in [2.24, 2.45) is 0 Å². The summed E-state index contributed by atoms with van der Waals surface area (Å²) in [6.07, 6.45) is 0.164. The molecule has 148 valence electrons. The third kappa shape index (κ3) is 7.44. The Labute approximate surface area is 168 Å². The summed E-state index contributed by atoms with van der Waals surface area (Å²) >= 11 is 0.855. The molecule has 0 fully saturated rings. The zero-order valence-corrected chi connectivity index (χ0v) is 16.2. The number of carboxylic acid groups (broad SMARTS) is 2. The van der Waals surface area contributed by atoms with E-state index in [0.29, 0.717) is 19.5 Å². The predicted octanol–water partition coefficient (Wildman–Crippen LogP) is 2.92. The quantitative estimate of drug-likeness (QED) is 0.601. The van der Waals surface area contributed by atoms with Gasteiger partial charge in [-0.25, -0.2) is 0 Å². The molecule has 0 unspecified atom stereocenters. The lowest BCUT2D eigenvalue weighted by Gasteiger charge is -2.23. The van der Waals surface area contributed by atoms with Crippen LogP contribution >= 0.6 is 11.8 Å². The second-order valence-corrected chi connectivity index (χ2v) is 7.46. The number of nitrogens with zero attached hydrogens (tertiary/aromatic N) is 1. The summed E-state index contributed by atoms with van der Waals surface area (Å²) in [7, 11) is 0. The summed E-state index contributed by atoms with van der Waals surface area (Å²) in [6.45, 7) is 0.915. The SMILES string of the molecule is O=C(O)C[C@@H](SCC(=O)N(CCc1ccccc1)Cc1ccccc1)C(=O)O. The molecule has 1 atom stereocenters. The van der Waals surface area contributed by atoms with Gasteiger partial charge in [0.2, 0.25) is 5.91 Å². The summed E-state index contributed by atoms with van der Waals surface area (Å²) in [6, 6.07) is 19.4. The van der Waals surface area contributed by atoms with Gasteiger partial charge in [0.25, 0.3) is 0 Å². The molecule has 2 aromatic carbocycles. The first-order chi connectivity index (χ1) is 13.5. The topological polar surface area (TPSA) is 94.9 Å². The van der Waals surface area contributed by atoms with Crippen LogP contribution in [0.4, 0.5) is 0 Å². The molecule has 7 heteroatoms. The molecule has 0 aromatic heterocycles. The van der Waals surface area contributed by atoms with E-state index in [9.17, 15) is 14.4 Å². The van der Waals surface area contributed by atoms with Crippen LogP contribution in [-0.4, -0.2) is 50.5 Å². The van der Waals surface area contributed by atoms with Gasteiger partial charge in [0.15, 0.2) is 0 Å². The molecular formula is C21H23NO5S. The lowest BCUT2D eigenvalue weighted by molar-refractivity contribution is -0.143. The van der Waals surface area contributed by atoms with E-state index in [1.54, 1.807) is 4.90 Å². The molecule has 0 aliphatic carbocycles. The number of carbonyl (C=O) groups excluding carboxylic acids is 1. The number of hydrogen-bond donors (Lipinski definition) is 2. The van der Waals surface area contributed by atoms with Crippen LogP contribution in [0.5, 0.6) is 0 Å². The van der Waals surface area contributed by atoms with Gasteiger partial charge in [-0.15, -0.1) is 11.8 Å². The van der Waals surface area contributed by atoms with Crippen molar-refractivity contribution in [3.63, 3.8) is 0 Å². The molecule has 0 spiro atoms. The Morgan fingerprint density at radius 2 is 1.46 bits per heavy atom. The first-order valence-electron chi connectivity index (χ1n) is 8.87. The van der Waals surface area contributed by atoms with E-state index in [1.807, 2.05) is 60.7 Å². The van der Waals surface area contributed by atoms with E-state index >= 15 is 0 Å². The number of rotatable bonds is 11. The van der Waals surface area contributed by atoms with Crippen LogP contribution in [0.25, 0.3) is 0 Å². The number of benzene rings is 2. The molecule has 2 aromatic rings. The Hall–Kier alpha value is -2.80. The Kier molecular flexibility index (Phi) is 8.55. The van der Waals surface area contributed by atoms with Crippen LogP contribution < -0.4 is 0 Å². The third-order valence-electron chi connectivity index (χ3n) is 4.13. The molecule has 0 heterocycles. The Morgan fingerprint density at radius 3 is 2.00 bits per heavy atom. The van der Waals surface area contributed by atoms with Crippen LogP contribution in [0.2, 0.25) is 0 Å². The van der Waals surface area contributed by atoms with Crippen molar-refractivity contribution < 1.29 is 24.6 Å². The summed E-state index contributed by atoms with van der Waals surface area (Å²) in [5, 5.41) is 16.8. The summed E-state index contributed by atoms with van der Waals surface area (Å²) < 4.78 is 0. The highest BCUT2D eigenvalue weighted by molar-refractivity contribution is 8.01. The Bertz CT molecular complexity index is 782. The monoisotopic (exact) mass is 401 g/mol. The van der Waals surface area contributed by atoms with Crippen molar-refractivity contribution >= 4 is 29.6 Å². The van der Waals surface area contributed by atoms with Crippen LogP contribution in [0.15, 0.2) is 60.7 Å². The minimum Gasteiger partial charge on any atom is -0.481 e. The fraction of sp³-hybridized carbons (Fsp3) is 0.286. The van der Waals surface area contributed by atoms with Gasteiger partial charge in [-0.05, 0) is 17.5 Å². The van der Waals surface area contributed by atoms with Gasteiger partial charge < -0.3 is 15.1 Å². The largest absolute Gasteiger partial charge is 0.481 e. The van der Waals surface area contributed by atoms with E-state index in [2.05, 4.69) is 0 Å². The molecule has 0 aliphatic heterocycles. The number of amides is 1. The van der Waals surface area contributed by atoms with E-state index in [0.717, 1.165) is 22.9 Å². The molecule has 1 amide bonds. The number of hydrogen-bond acceptors (Lipinski definition) is 4. The highest BCUT2D eigenvalue weighted by Gasteiger charge is 2.24. The van der Waals surface area contributed by atoms with Gasteiger partial charge in [-0.1, -0.05) is 60.7 Å². The average molecular weight is 401 g/mol. The zero-order chi connectivity index (χ0) is 20.4. The van der Waals surface area contributed by atoms with E-state index in [4.69, 9.17) is 10.2 Å². The van der Waals surface area contributed by atoms with Gasteiger partial charge in [-0.3, -0.25) is 14.4 Å². The molecule has 0 radical (unpaired) electrons. The standard InChI is InChI=1S/C21H23NO5S/c23-19(15-28-18(21(26)27)13-20(24)25)22(14-17-9-5-2-6-10-17)12-11-16-7-3-1-4-8-16/h1-10,18H,11-15H2,(H,24,25)(H,26,27)/t18-/m1/s1. The van der Waals surface area contributed by atoms with Crippen molar-refractivity contribution in [2.45, 2.75) is 24.6 Å². The van der Waals surface area contributed by atoms with Crippen LogP contribution in [0.3, 0.4) is 0 Å². The minimum absolute atomic E-state index is 0.0775. The lowest BCUT2D eigenvalue weighted by Crippen LogP contribution is -2.35. The molecule has 0 saturated carbocycles. The van der Waals surface area contributed by atoms with Crippen molar-refractivity contribution in [3.05, 3.63) is 71.8 Å². The van der Waals surface area contributed by atoms with E-state index in [-0.39, 0.29) is 11.7 Å². The van der Waals surface area contributed by atoms with Crippen LogP contribution in [-0.2, 0) is 27.3 Å². The van der Waals surface area contributed by atoms with Gasteiger partial charge >= 0.3 is 11.9 Å². The molecular weight excluding hydrogens is 378 g/mol. The minimum atomic E-state index is -1.22. The first-order valence-corrected chi connectivity index (χ1v) is 9.92. The fourth-order valence-corrected chi connectivity index (χ4v) is 3.57. The van der Waals surface area contributed by atoms with Gasteiger partial charge in [-0.2, -0.15) is 0 Å². The molecule has 2 rings (SSSR count). The summed E-state index contributed by atoms with van der Waals surface area (Å²) in [4.78, 5) is 36.5. The summed E-state index contributed by atoms with van der Waals surface area (Å²) in [5.74, 6) is -2.70. The Balaban J connectivity index is 2.02. The van der Waals surface area contributed by atoms with E-state index in [1.165, 1.54) is 0 Å². The predicted molar refractivity (Wildman–Crippen MR) is 108 cm³/mol. The highest BCUT2D eigenvalue weighted by Crippen LogP contribution is 2.17. The summed E-state index contributed by atoms with van der Waals surface area (Å²) in [5.41, 5.74) is 2.09. The molecule has 28 heavy (non-hydrogen) atoms. The van der Waals surface area contributed by atoms with Crippen molar-refractivity contribution in [2.75, 3.05) is 12.3 Å². The number of aliphatic carboxylic acids is 2. The van der Waals surface area contributed by atoms with Gasteiger partial charge in [0, 0.05) is 13.1 Å². The fourth-order valence-electron chi connectivity index (χ4n) is 2.64. The number of thioether (sulfide) groups is 1. The van der Waals surface area contributed by atoms with Crippen LogP contribution in [0.1, 0.15) is 17.5 Å². The number of carboxylic acids is 2. The Morgan fingerprint density at radius 1 is 0.893 bits per heavy atom. The normalized spacial score (nSPS) is 11.6. The molecule has 0 aliphatic rings. The molecule has 2 N–H and O–H groups in total. The van der Waals surface area contributed by atoms with Crippen molar-refractivity contribution in [3.8, 4) is 0 Å². The maximum Gasteiger partial charge on any atom is 0.317 e.